The van der Waals surface area contributed by atoms with Crippen molar-refractivity contribution < 1.29 is 8.81 Å². The maximum Gasteiger partial charge on any atom is 0.141 e. The van der Waals surface area contributed by atoms with Gasteiger partial charge in [0.1, 0.15) is 11.6 Å². The van der Waals surface area contributed by atoms with Gasteiger partial charge in [0.2, 0.25) is 0 Å². The molecule has 0 amide bonds. The summed E-state index contributed by atoms with van der Waals surface area (Å²) in [4.78, 5) is 0. The Morgan fingerprint density at radius 3 is 2.76 bits per heavy atom. The van der Waals surface area contributed by atoms with Crippen LogP contribution in [0.4, 0.5) is 4.39 Å². The fraction of sp³-hybridized carbons (Fsp3) is 0.231. The Morgan fingerprint density at radius 2 is 2.18 bits per heavy atom. The van der Waals surface area contributed by atoms with Crippen LogP contribution in [-0.2, 0) is 6.42 Å². The van der Waals surface area contributed by atoms with Crippen molar-refractivity contribution >= 4 is 11.6 Å². The van der Waals surface area contributed by atoms with Crippen molar-refractivity contribution in [1.29, 1.82) is 0 Å². The number of rotatable bonds is 3. The normalized spacial score (nSPS) is 12.7. The largest absolute Gasteiger partial charge is 0.469 e. The van der Waals surface area contributed by atoms with Crippen LogP contribution in [0, 0.1) is 12.7 Å². The molecule has 0 fully saturated rings. The summed E-state index contributed by atoms with van der Waals surface area (Å²) in [6.45, 7) is 1.87. The molecule has 2 nitrogen and oxygen atoms in total. The Morgan fingerprint density at radius 1 is 1.41 bits per heavy atom. The molecule has 1 unspecified atom stereocenters. The fourth-order valence-electron chi connectivity index (χ4n) is 1.81. The second kappa shape index (κ2) is 4.90. The molecule has 4 heteroatoms. The Labute approximate surface area is 104 Å². The summed E-state index contributed by atoms with van der Waals surface area (Å²) in [5.74, 6) is 0.397. The van der Waals surface area contributed by atoms with Crippen LogP contribution in [0.1, 0.15) is 22.9 Å². The molecule has 17 heavy (non-hydrogen) atoms. The molecule has 2 aromatic rings. The van der Waals surface area contributed by atoms with E-state index in [1.54, 1.807) is 18.4 Å². The van der Waals surface area contributed by atoms with Crippen molar-refractivity contribution in [3.05, 3.63) is 58.3 Å². The second-order valence-corrected chi connectivity index (χ2v) is 4.40. The summed E-state index contributed by atoms with van der Waals surface area (Å²) in [5, 5.41) is 0.124. The third-order valence-electron chi connectivity index (χ3n) is 2.74. The van der Waals surface area contributed by atoms with Crippen LogP contribution in [0.25, 0.3) is 0 Å². The van der Waals surface area contributed by atoms with Crippen LogP contribution in [0.15, 0.2) is 34.9 Å². The molecule has 1 aromatic heterocycles. The Kier molecular flexibility index (Phi) is 3.50. The number of benzene rings is 1. The van der Waals surface area contributed by atoms with Crippen molar-refractivity contribution in [3.63, 3.8) is 0 Å². The predicted octanol–water partition coefficient (Wildman–Crippen LogP) is 3.62. The van der Waals surface area contributed by atoms with E-state index < -0.39 is 5.82 Å². The van der Waals surface area contributed by atoms with Gasteiger partial charge in [0, 0.05) is 11.6 Å². The fourth-order valence-corrected chi connectivity index (χ4v) is 2.01. The van der Waals surface area contributed by atoms with Gasteiger partial charge < -0.3 is 10.2 Å². The topological polar surface area (TPSA) is 39.2 Å². The molecule has 0 aliphatic rings. The predicted molar refractivity (Wildman–Crippen MR) is 65.5 cm³/mol. The highest BCUT2D eigenvalue weighted by atomic mass is 35.5. The summed E-state index contributed by atoms with van der Waals surface area (Å²) < 4.78 is 18.2. The number of nitrogens with two attached hydrogens (primary N) is 1. The molecule has 2 rings (SSSR count). The lowest BCUT2D eigenvalue weighted by molar-refractivity contribution is 0.524. The van der Waals surface area contributed by atoms with Crippen LogP contribution in [0.2, 0.25) is 5.02 Å². The molecule has 1 atom stereocenters. The van der Waals surface area contributed by atoms with Crippen LogP contribution in [0.5, 0.6) is 0 Å². The molecular formula is C13H13ClFNO. The van der Waals surface area contributed by atoms with Gasteiger partial charge in [-0.2, -0.15) is 0 Å². The van der Waals surface area contributed by atoms with Crippen LogP contribution in [0.3, 0.4) is 0 Å². The Bertz CT molecular complexity index is 524. The van der Waals surface area contributed by atoms with E-state index in [4.69, 9.17) is 21.8 Å². The van der Waals surface area contributed by atoms with Gasteiger partial charge in [-0.25, -0.2) is 4.39 Å². The zero-order chi connectivity index (χ0) is 12.4. The van der Waals surface area contributed by atoms with E-state index in [9.17, 15) is 4.39 Å². The monoisotopic (exact) mass is 253 g/mol. The zero-order valence-electron chi connectivity index (χ0n) is 9.41. The first-order chi connectivity index (χ1) is 8.08. The SMILES string of the molecule is Cc1occc1C(N)Cc1ccc(F)c(Cl)c1. The Balaban J connectivity index is 2.16. The van der Waals surface area contributed by atoms with E-state index in [0.29, 0.717) is 6.42 Å². The van der Waals surface area contributed by atoms with E-state index in [-0.39, 0.29) is 11.1 Å². The molecule has 0 bridgehead atoms. The minimum atomic E-state index is -0.413. The lowest BCUT2D eigenvalue weighted by atomic mass is 10.0. The minimum absolute atomic E-state index is 0.124. The average Bonchev–Trinajstić information content (AvgIpc) is 2.70. The van der Waals surface area contributed by atoms with E-state index in [0.717, 1.165) is 16.9 Å². The van der Waals surface area contributed by atoms with E-state index >= 15 is 0 Å². The number of halogens is 2. The van der Waals surface area contributed by atoms with Gasteiger partial charge in [-0.1, -0.05) is 17.7 Å². The lowest BCUT2D eigenvalue weighted by Crippen LogP contribution is -2.13. The lowest BCUT2D eigenvalue weighted by Gasteiger charge is -2.11. The number of hydrogen-bond donors (Lipinski definition) is 1. The van der Waals surface area contributed by atoms with Crippen molar-refractivity contribution in [1.82, 2.24) is 0 Å². The molecule has 90 valence electrons. The van der Waals surface area contributed by atoms with E-state index in [1.165, 1.54) is 6.07 Å². The zero-order valence-corrected chi connectivity index (χ0v) is 10.2. The van der Waals surface area contributed by atoms with Gasteiger partial charge in [-0.3, -0.25) is 0 Å². The molecule has 0 spiro atoms. The quantitative estimate of drug-likeness (QED) is 0.907. The maximum atomic E-state index is 13.0. The van der Waals surface area contributed by atoms with Gasteiger partial charge >= 0.3 is 0 Å². The minimum Gasteiger partial charge on any atom is -0.469 e. The van der Waals surface area contributed by atoms with Gasteiger partial charge in [-0.05, 0) is 37.1 Å². The standard InChI is InChI=1S/C13H13ClFNO/c1-8-10(4-5-17-8)13(16)7-9-2-3-12(15)11(14)6-9/h2-6,13H,7,16H2,1H3. The summed E-state index contributed by atoms with van der Waals surface area (Å²) in [7, 11) is 0. The summed E-state index contributed by atoms with van der Waals surface area (Å²) >= 11 is 5.72. The Hall–Kier alpha value is -1.32. The maximum absolute atomic E-state index is 13.0. The summed E-state index contributed by atoms with van der Waals surface area (Å²) in [6.07, 6.45) is 2.21. The second-order valence-electron chi connectivity index (χ2n) is 3.99. The molecule has 0 aliphatic carbocycles. The van der Waals surface area contributed by atoms with E-state index in [1.807, 2.05) is 13.0 Å². The molecule has 0 saturated carbocycles. The highest BCUT2D eigenvalue weighted by Gasteiger charge is 2.12. The van der Waals surface area contributed by atoms with Crippen molar-refractivity contribution in [2.75, 3.05) is 0 Å². The number of furan rings is 1. The molecule has 1 heterocycles. The highest BCUT2D eigenvalue weighted by molar-refractivity contribution is 6.30. The highest BCUT2D eigenvalue weighted by Crippen LogP contribution is 2.23. The molecule has 0 aliphatic heterocycles. The van der Waals surface area contributed by atoms with Gasteiger partial charge in [-0.15, -0.1) is 0 Å². The molecule has 2 N–H and O–H groups in total. The van der Waals surface area contributed by atoms with E-state index in [2.05, 4.69) is 0 Å². The smallest absolute Gasteiger partial charge is 0.141 e. The first-order valence-corrected chi connectivity index (χ1v) is 5.69. The van der Waals surface area contributed by atoms with Crippen molar-refractivity contribution in [2.45, 2.75) is 19.4 Å². The summed E-state index contributed by atoms with van der Waals surface area (Å²) in [6, 6.07) is 6.33. The molecule has 1 aromatic carbocycles. The molecular weight excluding hydrogens is 241 g/mol. The third-order valence-corrected chi connectivity index (χ3v) is 3.03. The average molecular weight is 254 g/mol. The van der Waals surface area contributed by atoms with Crippen LogP contribution >= 0.6 is 11.6 Å². The van der Waals surface area contributed by atoms with Gasteiger partial charge in [0.25, 0.3) is 0 Å². The van der Waals surface area contributed by atoms with Crippen molar-refractivity contribution in [2.24, 2.45) is 5.73 Å². The van der Waals surface area contributed by atoms with Crippen LogP contribution in [-0.4, -0.2) is 0 Å². The van der Waals surface area contributed by atoms with Crippen LogP contribution < -0.4 is 5.73 Å². The third kappa shape index (κ3) is 2.68. The summed E-state index contributed by atoms with van der Waals surface area (Å²) in [5.41, 5.74) is 7.93. The molecule has 0 saturated heterocycles. The molecule has 0 radical (unpaired) electrons. The number of aryl methyl sites for hydroxylation is 1. The van der Waals surface area contributed by atoms with Gasteiger partial charge in [0.05, 0.1) is 11.3 Å². The first kappa shape index (κ1) is 12.1. The van der Waals surface area contributed by atoms with Crippen molar-refractivity contribution in [3.8, 4) is 0 Å². The van der Waals surface area contributed by atoms with Gasteiger partial charge in [0.15, 0.2) is 0 Å². The first-order valence-electron chi connectivity index (χ1n) is 5.31. The number of hydrogen-bond acceptors (Lipinski definition) is 2.